The van der Waals surface area contributed by atoms with Gasteiger partial charge in [-0.3, -0.25) is 4.79 Å². The maximum absolute atomic E-state index is 12.9. The zero-order valence-electron chi connectivity index (χ0n) is 14.7. The highest BCUT2D eigenvalue weighted by Gasteiger charge is 2.34. The van der Waals surface area contributed by atoms with Gasteiger partial charge in [-0.05, 0) is 31.9 Å². The molecule has 2 fully saturated rings. The molecule has 4 rings (SSSR count). The van der Waals surface area contributed by atoms with Gasteiger partial charge in [-0.25, -0.2) is 4.79 Å². The van der Waals surface area contributed by atoms with Crippen LogP contribution in [0.15, 0.2) is 30.3 Å². The first-order valence-corrected chi connectivity index (χ1v) is 8.85. The summed E-state index contributed by atoms with van der Waals surface area (Å²) in [6, 6.07) is 9.68. The number of hydrogen-bond acceptors (Lipinski definition) is 5. The molecule has 0 spiro atoms. The zero-order valence-corrected chi connectivity index (χ0v) is 14.7. The molecule has 136 valence electrons. The monoisotopic (exact) mass is 355 g/mol. The standard InChI is InChI=1S/C18H21N5O3/c1-13-16(20-23(19-13)15-5-3-2-4-6-15)17(24)21-9-7-14(8-10-21)22-11-12-26-18(22)25/h2-6,14H,7-12H2,1H3. The lowest BCUT2D eigenvalue weighted by Gasteiger charge is -2.35. The zero-order chi connectivity index (χ0) is 18.1. The van der Waals surface area contributed by atoms with Crippen molar-refractivity contribution in [3.8, 4) is 5.69 Å². The first-order valence-electron chi connectivity index (χ1n) is 8.85. The summed E-state index contributed by atoms with van der Waals surface area (Å²) in [7, 11) is 0. The lowest BCUT2D eigenvalue weighted by molar-refractivity contribution is 0.0651. The quantitative estimate of drug-likeness (QED) is 0.836. The van der Waals surface area contributed by atoms with Crippen LogP contribution in [-0.4, -0.2) is 69.1 Å². The number of cyclic esters (lactones) is 1. The van der Waals surface area contributed by atoms with Gasteiger partial charge in [-0.2, -0.15) is 9.90 Å². The topological polar surface area (TPSA) is 80.6 Å². The number of hydrogen-bond donors (Lipinski definition) is 0. The minimum absolute atomic E-state index is 0.105. The summed E-state index contributed by atoms with van der Waals surface area (Å²) in [5.74, 6) is -0.105. The third kappa shape index (κ3) is 3.02. The Kier molecular flexibility index (Phi) is 4.32. The number of carbonyl (C=O) groups is 2. The Bertz CT molecular complexity index is 811. The van der Waals surface area contributed by atoms with E-state index >= 15 is 0 Å². The van der Waals surface area contributed by atoms with Gasteiger partial charge >= 0.3 is 6.09 Å². The van der Waals surface area contributed by atoms with Gasteiger partial charge in [0.05, 0.1) is 17.9 Å². The molecule has 2 aromatic rings. The molecule has 0 N–H and O–H groups in total. The van der Waals surface area contributed by atoms with Crippen LogP contribution in [0.5, 0.6) is 0 Å². The van der Waals surface area contributed by atoms with Crippen LogP contribution >= 0.6 is 0 Å². The van der Waals surface area contributed by atoms with Gasteiger partial charge in [-0.15, -0.1) is 5.10 Å². The molecule has 0 aliphatic carbocycles. The van der Waals surface area contributed by atoms with Crippen molar-refractivity contribution in [3.63, 3.8) is 0 Å². The Labute approximate surface area is 151 Å². The van der Waals surface area contributed by atoms with Crippen molar-refractivity contribution in [2.24, 2.45) is 0 Å². The number of para-hydroxylation sites is 1. The van der Waals surface area contributed by atoms with Crippen molar-refractivity contribution in [1.29, 1.82) is 0 Å². The van der Waals surface area contributed by atoms with Crippen LogP contribution in [0.4, 0.5) is 4.79 Å². The fourth-order valence-corrected chi connectivity index (χ4v) is 3.52. The molecule has 26 heavy (non-hydrogen) atoms. The predicted molar refractivity (Wildman–Crippen MR) is 93.1 cm³/mol. The molecule has 0 radical (unpaired) electrons. The van der Waals surface area contributed by atoms with Crippen LogP contribution < -0.4 is 0 Å². The highest BCUT2D eigenvalue weighted by Crippen LogP contribution is 2.21. The lowest BCUT2D eigenvalue weighted by atomic mass is 10.0. The van der Waals surface area contributed by atoms with Crippen LogP contribution in [0.25, 0.3) is 5.69 Å². The Balaban J connectivity index is 1.44. The molecular weight excluding hydrogens is 334 g/mol. The first-order chi connectivity index (χ1) is 12.6. The molecule has 0 unspecified atom stereocenters. The van der Waals surface area contributed by atoms with E-state index in [2.05, 4.69) is 10.2 Å². The molecule has 1 aromatic carbocycles. The highest BCUT2D eigenvalue weighted by molar-refractivity contribution is 5.93. The van der Waals surface area contributed by atoms with E-state index in [1.54, 1.807) is 16.7 Å². The van der Waals surface area contributed by atoms with Crippen molar-refractivity contribution < 1.29 is 14.3 Å². The Morgan fingerprint density at radius 3 is 2.50 bits per heavy atom. The third-order valence-corrected chi connectivity index (χ3v) is 4.96. The summed E-state index contributed by atoms with van der Waals surface area (Å²) < 4.78 is 5.01. The van der Waals surface area contributed by atoms with Gasteiger partial charge in [0.25, 0.3) is 5.91 Å². The van der Waals surface area contributed by atoms with E-state index in [-0.39, 0.29) is 18.0 Å². The van der Waals surface area contributed by atoms with Crippen LogP contribution in [0.3, 0.4) is 0 Å². The van der Waals surface area contributed by atoms with E-state index in [4.69, 9.17) is 4.74 Å². The molecule has 0 atom stereocenters. The number of benzene rings is 1. The maximum atomic E-state index is 12.9. The van der Waals surface area contributed by atoms with E-state index in [1.807, 2.05) is 30.3 Å². The van der Waals surface area contributed by atoms with Crippen molar-refractivity contribution >= 4 is 12.0 Å². The minimum Gasteiger partial charge on any atom is -0.448 e. The summed E-state index contributed by atoms with van der Waals surface area (Å²) in [6.07, 6.45) is 1.27. The normalized spacial score (nSPS) is 18.3. The fourth-order valence-electron chi connectivity index (χ4n) is 3.52. The number of rotatable bonds is 3. The maximum Gasteiger partial charge on any atom is 0.410 e. The van der Waals surface area contributed by atoms with Crippen molar-refractivity contribution in [3.05, 3.63) is 41.7 Å². The van der Waals surface area contributed by atoms with Crippen molar-refractivity contribution in [2.75, 3.05) is 26.2 Å². The number of piperidine rings is 1. The predicted octanol–water partition coefficient (Wildman–Crippen LogP) is 1.63. The molecule has 2 saturated heterocycles. The molecule has 2 aliphatic heterocycles. The Morgan fingerprint density at radius 1 is 1.12 bits per heavy atom. The van der Waals surface area contributed by atoms with E-state index < -0.39 is 0 Å². The fraction of sp³-hybridized carbons (Fsp3) is 0.444. The van der Waals surface area contributed by atoms with Crippen molar-refractivity contribution in [1.82, 2.24) is 24.8 Å². The molecule has 8 nitrogen and oxygen atoms in total. The van der Waals surface area contributed by atoms with Gasteiger partial charge in [0, 0.05) is 19.1 Å². The number of amides is 2. The second-order valence-corrected chi connectivity index (χ2v) is 6.59. The average molecular weight is 355 g/mol. The molecular formula is C18H21N5O3. The van der Waals surface area contributed by atoms with Crippen LogP contribution in [0.1, 0.15) is 29.0 Å². The van der Waals surface area contributed by atoms with E-state index in [1.165, 1.54) is 4.80 Å². The van der Waals surface area contributed by atoms with E-state index in [9.17, 15) is 9.59 Å². The summed E-state index contributed by atoms with van der Waals surface area (Å²) in [5, 5.41) is 8.77. The smallest absolute Gasteiger partial charge is 0.410 e. The largest absolute Gasteiger partial charge is 0.448 e. The first kappa shape index (κ1) is 16.6. The SMILES string of the molecule is Cc1nn(-c2ccccc2)nc1C(=O)N1CCC(N2CCOC2=O)CC1. The van der Waals surface area contributed by atoms with Gasteiger partial charge in [0.2, 0.25) is 0 Å². The number of nitrogens with zero attached hydrogens (tertiary/aromatic N) is 5. The molecule has 3 heterocycles. The molecule has 2 amide bonds. The number of carbonyl (C=O) groups excluding carboxylic acids is 2. The third-order valence-electron chi connectivity index (χ3n) is 4.96. The number of likely N-dealkylation sites (tertiary alicyclic amines) is 1. The summed E-state index contributed by atoms with van der Waals surface area (Å²) in [6.45, 7) is 4.10. The highest BCUT2D eigenvalue weighted by atomic mass is 16.6. The number of ether oxygens (including phenoxy) is 1. The molecule has 0 bridgehead atoms. The van der Waals surface area contributed by atoms with Crippen LogP contribution in [0.2, 0.25) is 0 Å². The number of aryl methyl sites for hydroxylation is 1. The van der Waals surface area contributed by atoms with Gasteiger partial charge in [0.1, 0.15) is 6.61 Å². The minimum atomic E-state index is -0.239. The van der Waals surface area contributed by atoms with E-state index in [0.29, 0.717) is 37.6 Å². The van der Waals surface area contributed by atoms with Crippen molar-refractivity contribution in [2.45, 2.75) is 25.8 Å². The Morgan fingerprint density at radius 2 is 1.85 bits per heavy atom. The second kappa shape index (κ2) is 6.78. The summed E-state index contributed by atoms with van der Waals surface area (Å²) in [4.78, 5) is 29.6. The molecule has 0 saturated carbocycles. The molecule has 2 aliphatic rings. The molecule has 1 aromatic heterocycles. The lowest BCUT2D eigenvalue weighted by Crippen LogP contribution is -2.47. The second-order valence-electron chi connectivity index (χ2n) is 6.59. The summed E-state index contributed by atoms with van der Waals surface area (Å²) >= 11 is 0. The average Bonchev–Trinajstić information content (AvgIpc) is 3.28. The van der Waals surface area contributed by atoms with Gasteiger partial charge in [-0.1, -0.05) is 18.2 Å². The van der Waals surface area contributed by atoms with Crippen LogP contribution in [-0.2, 0) is 4.74 Å². The Hall–Kier alpha value is -2.90. The van der Waals surface area contributed by atoms with Gasteiger partial charge < -0.3 is 14.5 Å². The molecule has 8 heteroatoms. The summed E-state index contributed by atoms with van der Waals surface area (Å²) in [5.41, 5.74) is 1.82. The van der Waals surface area contributed by atoms with Crippen LogP contribution in [0, 0.1) is 6.92 Å². The number of aromatic nitrogens is 3. The van der Waals surface area contributed by atoms with Gasteiger partial charge in [0.15, 0.2) is 5.69 Å². The van der Waals surface area contributed by atoms with E-state index in [0.717, 1.165) is 18.5 Å².